The highest BCUT2D eigenvalue weighted by Crippen LogP contribution is 2.37. The van der Waals surface area contributed by atoms with Crippen LogP contribution in [0.4, 0.5) is 5.69 Å². The lowest BCUT2D eigenvalue weighted by molar-refractivity contribution is -0.115. The molecule has 0 heterocycles. The summed E-state index contributed by atoms with van der Waals surface area (Å²) in [5.74, 6) is 1.32. The van der Waals surface area contributed by atoms with Gasteiger partial charge in [-0.1, -0.05) is 84.7 Å². The van der Waals surface area contributed by atoms with E-state index in [0.29, 0.717) is 17.9 Å². The Labute approximate surface area is 181 Å². The number of carbonyl (C=O) groups excluding carboxylic acids is 1. The number of rotatable bonds is 5. The summed E-state index contributed by atoms with van der Waals surface area (Å²) < 4.78 is 7.13. The van der Waals surface area contributed by atoms with Gasteiger partial charge in [0.25, 0.3) is 0 Å². The number of halogens is 1. The third kappa shape index (κ3) is 5.70. The lowest BCUT2D eigenvalue weighted by Gasteiger charge is -2.23. The van der Waals surface area contributed by atoms with Gasteiger partial charge >= 0.3 is 0 Å². The van der Waals surface area contributed by atoms with Gasteiger partial charge in [0.1, 0.15) is 5.75 Å². The van der Waals surface area contributed by atoms with E-state index in [9.17, 15) is 4.79 Å². The van der Waals surface area contributed by atoms with E-state index < -0.39 is 0 Å². The first kappa shape index (κ1) is 21.1. The number of benzene rings is 3. The number of hydrogen-bond acceptors (Lipinski definition) is 2. The average molecular weight is 452 g/mol. The molecule has 150 valence electrons. The zero-order valence-corrected chi connectivity index (χ0v) is 18.8. The maximum Gasteiger partial charge on any atom is 0.228 e. The van der Waals surface area contributed by atoms with E-state index in [1.54, 1.807) is 0 Å². The molecular weight excluding hydrogens is 426 g/mol. The molecule has 1 N–H and O–H groups in total. The van der Waals surface area contributed by atoms with Crippen LogP contribution in [0.15, 0.2) is 71.2 Å². The van der Waals surface area contributed by atoms with Crippen molar-refractivity contribution in [3.05, 3.63) is 87.9 Å². The summed E-state index contributed by atoms with van der Waals surface area (Å²) in [5, 5.41) is 3.00. The lowest BCUT2D eigenvalue weighted by Crippen LogP contribution is -2.15. The second kappa shape index (κ2) is 8.83. The van der Waals surface area contributed by atoms with Crippen LogP contribution in [0.2, 0.25) is 0 Å². The third-order valence-corrected chi connectivity index (χ3v) is 5.11. The number of nitrogens with one attached hydrogen (secondary N) is 1. The van der Waals surface area contributed by atoms with Crippen LogP contribution in [0.3, 0.4) is 0 Å². The molecule has 0 aliphatic heterocycles. The molecule has 0 radical (unpaired) electrons. The molecule has 3 aromatic rings. The van der Waals surface area contributed by atoms with Crippen LogP contribution >= 0.6 is 15.9 Å². The van der Waals surface area contributed by atoms with Crippen molar-refractivity contribution in [3.8, 4) is 11.5 Å². The predicted octanol–water partition coefficient (Wildman–Crippen LogP) is 7.03. The molecule has 0 fully saturated rings. The van der Waals surface area contributed by atoms with Gasteiger partial charge in [-0.25, -0.2) is 0 Å². The summed E-state index contributed by atoms with van der Waals surface area (Å²) in [6.07, 6.45) is 0.310. The normalized spacial score (nSPS) is 11.2. The van der Waals surface area contributed by atoms with Crippen molar-refractivity contribution in [2.45, 2.75) is 39.5 Å². The fourth-order valence-electron chi connectivity index (χ4n) is 3.07. The molecule has 3 rings (SSSR count). The molecule has 0 bridgehead atoms. The highest BCUT2D eigenvalue weighted by Gasteiger charge is 2.20. The molecule has 0 unspecified atom stereocenters. The predicted molar refractivity (Wildman–Crippen MR) is 123 cm³/mol. The number of para-hydroxylation sites is 1. The summed E-state index contributed by atoms with van der Waals surface area (Å²) in [7, 11) is 0. The number of hydrogen-bond donors (Lipinski definition) is 1. The van der Waals surface area contributed by atoms with Crippen molar-refractivity contribution in [2.24, 2.45) is 0 Å². The van der Waals surface area contributed by atoms with Gasteiger partial charge in [0.05, 0.1) is 12.1 Å². The second-order valence-electron chi connectivity index (χ2n) is 8.20. The number of amides is 1. The standard InChI is InChI=1S/C25H26BrNO2/c1-17-9-11-18(12-10-17)15-24(28)27-21-16-19(26)13-14-23(21)29-22-8-6-5-7-20(22)25(2,3)4/h5-14,16H,15H2,1-4H3,(H,27,28). The zero-order valence-electron chi connectivity index (χ0n) is 17.3. The zero-order chi connectivity index (χ0) is 21.0. The van der Waals surface area contributed by atoms with Gasteiger partial charge in [0.15, 0.2) is 5.75 Å². The van der Waals surface area contributed by atoms with Gasteiger partial charge in [-0.3, -0.25) is 4.79 Å². The largest absolute Gasteiger partial charge is 0.455 e. The number of carbonyl (C=O) groups is 1. The maximum absolute atomic E-state index is 12.6. The Morgan fingerprint density at radius 1 is 0.966 bits per heavy atom. The van der Waals surface area contributed by atoms with Crippen LogP contribution in [0.1, 0.15) is 37.5 Å². The average Bonchev–Trinajstić information content (AvgIpc) is 2.65. The smallest absolute Gasteiger partial charge is 0.228 e. The highest BCUT2D eigenvalue weighted by atomic mass is 79.9. The molecule has 3 aromatic carbocycles. The molecule has 0 atom stereocenters. The Morgan fingerprint density at radius 2 is 1.66 bits per heavy atom. The molecule has 3 nitrogen and oxygen atoms in total. The molecule has 0 aromatic heterocycles. The molecule has 0 aliphatic carbocycles. The summed E-state index contributed by atoms with van der Waals surface area (Å²) in [5.41, 5.74) is 3.85. The van der Waals surface area contributed by atoms with Gasteiger partial charge in [-0.05, 0) is 42.2 Å². The maximum atomic E-state index is 12.6. The molecule has 0 aliphatic rings. The first-order chi connectivity index (χ1) is 13.7. The fraction of sp³-hybridized carbons (Fsp3) is 0.240. The van der Waals surface area contributed by atoms with Crippen molar-refractivity contribution < 1.29 is 9.53 Å². The number of aryl methyl sites for hydroxylation is 1. The molecule has 29 heavy (non-hydrogen) atoms. The van der Waals surface area contributed by atoms with Gasteiger partial charge in [-0.15, -0.1) is 0 Å². The van der Waals surface area contributed by atoms with E-state index in [1.807, 2.05) is 67.6 Å². The van der Waals surface area contributed by atoms with Gasteiger partial charge in [0, 0.05) is 10.0 Å². The Morgan fingerprint density at radius 3 is 2.34 bits per heavy atom. The van der Waals surface area contributed by atoms with E-state index in [1.165, 1.54) is 5.56 Å². The summed E-state index contributed by atoms with van der Waals surface area (Å²) >= 11 is 3.49. The monoisotopic (exact) mass is 451 g/mol. The molecule has 0 spiro atoms. The Balaban J connectivity index is 1.83. The van der Waals surface area contributed by atoms with Crippen LogP contribution in [-0.4, -0.2) is 5.91 Å². The van der Waals surface area contributed by atoms with Crippen molar-refractivity contribution in [1.29, 1.82) is 0 Å². The van der Waals surface area contributed by atoms with Gasteiger partial charge < -0.3 is 10.1 Å². The first-order valence-corrected chi connectivity index (χ1v) is 10.4. The van der Waals surface area contributed by atoms with E-state index in [-0.39, 0.29) is 11.3 Å². The molecule has 4 heteroatoms. The van der Waals surface area contributed by atoms with Crippen molar-refractivity contribution >= 4 is 27.5 Å². The number of ether oxygens (including phenoxy) is 1. The molecule has 0 saturated carbocycles. The van der Waals surface area contributed by atoms with Gasteiger partial charge in [0.2, 0.25) is 5.91 Å². The topological polar surface area (TPSA) is 38.3 Å². The number of anilines is 1. The van der Waals surface area contributed by atoms with Crippen molar-refractivity contribution in [2.75, 3.05) is 5.32 Å². The van der Waals surface area contributed by atoms with E-state index in [2.05, 4.69) is 48.1 Å². The van der Waals surface area contributed by atoms with Crippen LogP contribution in [0, 0.1) is 6.92 Å². The van der Waals surface area contributed by atoms with Crippen molar-refractivity contribution in [1.82, 2.24) is 0 Å². The van der Waals surface area contributed by atoms with Crippen LogP contribution in [0.25, 0.3) is 0 Å². The van der Waals surface area contributed by atoms with Crippen LogP contribution in [-0.2, 0) is 16.6 Å². The second-order valence-corrected chi connectivity index (χ2v) is 9.11. The SMILES string of the molecule is Cc1ccc(CC(=O)Nc2cc(Br)ccc2Oc2ccccc2C(C)(C)C)cc1. The quantitative estimate of drug-likeness (QED) is 0.451. The fourth-order valence-corrected chi connectivity index (χ4v) is 3.43. The van der Waals surface area contributed by atoms with E-state index in [0.717, 1.165) is 21.3 Å². The molecule has 1 amide bonds. The summed E-state index contributed by atoms with van der Waals surface area (Å²) in [4.78, 5) is 12.6. The Hall–Kier alpha value is -2.59. The van der Waals surface area contributed by atoms with E-state index >= 15 is 0 Å². The van der Waals surface area contributed by atoms with Gasteiger partial charge in [-0.2, -0.15) is 0 Å². The Bertz CT molecular complexity index is 1000. The van der Waals surface area contributed by atoms with Crippen molar-refractivity contribution in [3.63, 3.8) is 0 Å². The lowest BCUT2D eigenvalue weighted by atomic mass is 9.86. The molecular formula is C25H26BrNO2. The Kier molecular flexibility index (Phi) is 6.43. The molecule has 0 saturated heterocycles. The summed E-state index contributed by atoms with van der Waals surface area (Å²) in [6.45, 7) is 8.49. The minimum atomic E-state index is -0.0825. The third-order valence-electron chi connectivity index (χ3n) is 4.62. The minimum absolute atomic E-state index is 0.0548. The highest BCUT2D eigenvalue weighted by molar-refractivity contribution is 9.10. The van der Waals surface area contributed by atoms with E-state index in [4.69, 9.17) is 4.74 Å². The van der Waals surface area contributed by atoms with Crippen LogP contribution in [0.5, 0.6) is 11.5 Å². The van der Waals surface area contributed by atoms with Crippen LogP contribution < -0.4 is 10.1 Å². The summed E-state index contributed by atoms with van der Waals surface area (Å²) in [6, 6.07) is 21.6. The first-order valence-electron chi connectivity index (χ1n) is 9.65. The minimum Gasteiger partial charge on any atom is -0.455 e.